The van der Waals surface area contributed by atoms with Gasteiger partial charge in [0.25, 0.3) is 0 Å². The number of benzene rings is 3. The normalized spacial score (nSPS) is 14.2. The Balaban J connectivity index is 1.16. The number of amides is 2. The van der Waals surface area contributed by atoms with Gasteiger partial charge in [-0.3, -0.25) is 19.1 Å². The minimum atomic E-state index is -0.0201. The molecule has 1 aliphatic heterocycles. The topological polar surface area (TPSA) is 70.5 Å². The SMILES string of the molecule is Cc1cccc(NC(=O)CN2CCN(C(=O)CCc3nc4ccccc4n3-c3ccccc3)CC2)c1C. The number of imidazole rings is 1. The third kappa shape index (κ3) is 5.57. The van der Waals surface area contributed by atoms with Crippen LogP contribution in [0, 0.1) is 13.8 Å². The predicted molar refractivity (Wildman–Crippen MR) is 147 cm³/mol. The van der Waals surface area contributed by atoms with Gasteiger partial charge in [-0.2, -0.15) is 0 Å². The largest absolute Gasteiger partial charge is 0.340 e. The number of carbonyl (C=O) groups excluding carboxylic acids is 2. The summed E-state index contributed by atoms with van der Waals surface area (Å²) < 4.78 is 2.15. The van der Waals surface area contributed by atoms with Crippen molar-refractivity contribution in [3.8, 4) is 5.69 Å². The molecule has 1 aromatic heterocycles. The number of aryl methyl sites for hydroxylation is 2. The minimum Gasteiger partial charge on any atom is -0.340 e. The van der Waals surface area contributed by atoms with Crippen molar-refractivity contribution >= 4 is 28.5 Å². The van der Waals surface area contributed by atoms with Crippen molar-refractivity contribution in [2.75, 3.05) is 38.0 Å². The number of nitrogens with one attached hydrogen (secondary N) is 1. The molecule has 37 heavy (non-hydrogen) atoms. The summed E-state index contributed by atoms with van der Waals surface area (Å²) in [6, 6.07) is 24.2. The minimum absolute atomic E-state index is 0.0201. The van der Waals surface area contributed by atoms with Gasteiger partial charge >= 0.3 is 0 Å². The molecule has 2 heterocycles. The lowest BCUT2D eigenvalue weighted by atomic mass is 10.1. The highest BCUT2D eigenvalue weighted by atomic mass is 16.2. The average Bonchev–Trinajstić information content (AvgIpc) is 3.29. The van der Waals surface area contributed by atoms with E-state index in [9.17, 15) is 9.59 Å². The van der Waals surface area contributed by atoms with Crippen LogP contribution < -0.4 is 5.32 Å². The lowest BCUT2D eigenvalue weighted by Gasteiger charge is -2.34. The summed E-state index contributed by atoms with van der Waals surface area (Å²) >= 11 is 0. The Morgan fingerprint density at radius 3 is 2.38 bits per heavy atom. The van der Waals surface area contributed by atoms with Crippen LogP contribution in [0.4, 0.5) is 5.69 Å². The van der Waals surface area contributed by atoms with Crippen LogP contribution in [0.2, 0.25) is 0 Å². The Hall–Kier alpha value is -3.97. The zero-order chi connectivity index (χ0) is 25.8. The van der Waals surface area contributed by atoms with Gasteiger partial charge in [0.05, 0.1) is 17.6 Å². The molecule has 0 radical (unpaired) electrons. The molecule has 7 nitrogen and oxygen atoms in total. The van der Waals surface area contributed by atoms with Gasteiger partial charge in [0.15, 0.2) is 0 Å². The van der Waals surface area contributed by atoms with E-state index >= 15 is 0 Å². The van der Waals surface area contributed by atoms with E-state index in [-0.39, 0.29) is 11.8 Å². The van der Waals surface area contributed by atoms with Gasteiger partial charge in [0.2, 0.25) is 11.8 Å². The molecule has 0 saturated carbocycles. The maximum Gasteiger partial charge on any atom is 0.238 e. The van der Waals surface area contributed by atoms with Crippen LogP contribution in [0.1, 0.15) is 23.4 Å². The van der Waals surface area contributed by atoms with E-state index in [1.165, 1.54) is 0 Å². The molecule has 1 saturated heterocycles. The van der Waals surface area contributed by atoms with Crippen LogP contribution in [0.15, 0.2) is 72.8 Å². The lowest BCUT2D eigenvalue weighted by Crippen LogP contribution is -2.50. The third-order valence-corrected chi connectivity index (χ3v) is 7.18. The monoisotopic (exact) mass is 495 g/mol. The molecule has 0 spiro atoms. The van der Waals surface area contributed by atoms with Crippen LogP contribution in [-0.4, -0.2) is 63.9 Å². The number of anilines is 1. The van der Waals surface area contributed by atoms with Gasteiger partial charge in [-0.25, -0.2) is 4.98 Å². The Labute approximate surface area is 217 Å². The number of nitrogens with zero attached hydrogens (tertiary/aromatic N) is 4. The van der Waals surface area contributed by atoms with Crippen molar-refractivity contribution in [3.05, 3.63) is 89.7 Å². The highest BCUT2D eigenvalue weighted by Crippen LogP contribution is 2.23. The molecule has 190 valence electrons. The second-order valence-corrected chi connectivity index (χ2v) is 9.64. The van der Waals surface area contributed by atoms with Gasteiger partial charge in [-0.15, -0.1) is 0 Å². The maximum atomic E-state index is 13.1. The predicted octanol–water partition coefficient (Wildman–Crippen LogP) is 4.36. The Morgan fingerprint density at radius 1 is 0.865 bits per heavy atom. The smallest absolute Gasteiger partial charge is 0.238 e. The molecule has 1 fully saturated rings. The number of rotatable bonds is 7. The summed E-state index contributed by atoms with van der Waals surface area (Å²) in [5.74, 6) is 1.00. The molecule has 2 amide bonds. The number of hydrogen-bond acceptors (Lipinski definition) is 4. The number of fused-ring (bicyclic) bond motifs is 1. The Bertz CT molecular complexity index is 1400. The summed E-state index contributed by atoms with van der Waals surface area (Å²) in [7, 11) is 0. The highest BCUT2D eigenvalue weighted by Gasteiger charge is 2.23. The van der Waals surface area contributed by atoms with E-state index in [0.29, 0.717) is 45.6 Å². The highest BCUT2D eigenvalue weighted by molar-refractivity contribution is 5.93. The van der Waals surface area contributed by atoms with Crippen LogP contribution in [-0.2, 0) is 16.0 Å². The summed E-state index contributed by atoms with van der Waals surface area (Å²) in [5, 5.41) is 3.03. The molecule has 0 aliphatic carbocycles. The first kappa shape index (κ1) is 24.7. The quantitative estimate of drug-likeness (QED) is 0.414. The first-order valence-corrected chi connectivity index (χ1v) is 12.9. The molecule has 3 aromatic carbocycles. The van der Waals surface area contributed by atoms with E-state index in [4.69, 9.17) is 4.98 Å². The lowest BCUT2D eigenvalue weighted by molar-refractivity contribution is -0.133. The van der Waals surface area contributed by atoms with Crippen molar-refractivity contribution in [2.45, 2.75) is 26.7 Å². The molecule has 5 rings (SSSR count). The molecule has 1 N–H and O–H groups in total. The average molecular weight is 496 g/mol. The van der Waals surface area contributed by atoms with Gasteiger partial charge in [0, 0.05) is 50.4 Å². The van der Waals surface area contributed by atoms with E-state index in [1.54, 1.807) is 0 Å². The fourth-order valence-electron chi connectivity index (χ4n) is 4.92. The summed E-state index contributed by atoms with van der Waals surface area (Å²) in [6.07, 6.45) is 0.976. The summed E-state index contributed by atoms with van der Waals surface area (Å²) in [6.45, 7) is 7.03. The van der Waals surface area contributed by atoms with E-state index in [1.807, 2.05) is 73.3 Å². The zero-order valence-corrected chi connectivity index (χ0v) is 21.5. The Kier molecular flexibility index (Phi) is 7.32. The fraction of sp³-hybridized carbons (Fsp3) is 0.300. The molecule has 4 aromatic rings. The van der Waals surface area contributed by atoms with Crippen LogP contribution >= 0.6 is 0 Å². The Morgan fingerprint density at radius 2 is 1.59 bits per heavy atom. The van der Waals surface area contributed by atoms with Crippen molar-refractivity contribution in [1.29, 1.82) is 0 Å². The number of para-hydroxylation sites is 3. The van der Waals surface area contributed by atoms with Crippen molar-refractivity contribution < 1.29 is 9.59 Å². The van der Waals surface area contributed by atoms with Gasteiger partial charge in [-0.1, -0.05) is 42.5 Å². The van der Waals surface area contributed by atoms with E-state index in [2.05, 4.69) is 33.0 Å². The van der Waals surface area contributed by atoms with Gasteiger partial charge < -0.3 is 10.2 Å². The molecule has 7 heteroatoms. The zero-order valence-electron chi connectivity index (χ0n) is 21.5. The van der Waals surface area contributed by atoms with Crippen molar-refractivity contribution in [3.63, 3.8) is 0 Å². The summed E-state index contributed by atoms with van der Waals surface area (Å²) in [5.41, 5.74) is 6.13. The van der Waals surface area contributed by atoms with Crippen LogP contribution in [0.25, 0.3) is 16.7 Å². The first-order chi connectivity index (χ1) is 18.0. The summed E-state index contributed by atoms with van der Waals surface area (Å²) in [4.78, 5) is 34.5. The molecule has 0 atom stereocenters. The van der Waals surface area contributed by atoms with Crippen LogP contribution in [0.5, 0.6) is 0 Å². The van der Waals surface area contributed by atoms with E-state index in [0.717, 1.165) is 39.4 Å². The number of aromatic nitrogens is 2. The second-order valence-electron chi connectivity index (χ2n) is 9.64. The number of carbonyl (C=O) groups is 2. The van der Waals surface area contributed by atoms with Gasteiger partial charge in [0.1, 0.15) is 5.82 Å². The molecular formula is C30H33N5O2. The standard InChI is InChI=1S/C30H33N5O2/c1-22-9-8-13-25(23(22)2)32-29(36)21-33-17-19-34(20-18-33)30(37)16-15-28-31-26-12-6-7-14-27(26)35(28)24-10-4-3-5-11-24/h3-14H,15-21H2,1-2H3,(H,32,36). The molecule has 0 unspecified atom stereocenters. The third-order valence-electron chi connectivity index (χ3n) is 7.18. The molecular weight excluding hydrogens is 462 g/mol. The number of hydrogen-bond donors (Lipinski definition) is 1. The fourth-order valence-corrected chi connectivity index (χ4v) is 4.92. The van der Waals surface area contributed by atoms with E-state index < -0.39 is 0 Å². The maximum absolute atomic E-state index is 13.1. The van der Waals surface area contributed by atoms with Crippen molar-refractivity contribution in [1.82, 2.24) is 19.4 Å². The molecule has 1 aliphatic rings. The van der Waals surface area contributed by atoms with Gasteiger partial charge in [-0.05, 0) is 55.3 Å². The van der Waals surface area contributed by atoms with Crippen molar-refractivity contribution in [2.24, 2.45) is 0 Å². The second kappa shape index (κ2) is 11.0. The number of piperazine rings is 1. The molecule has 0 bridgehead atoms. The van der Waals surface area contributed by atoms with Crippen LogP contribution in [0.3, 0.4) is 0 Å². The first-order valence-electron chi connectivity index (χ1n) is 12.9.